The number of nitrogens with zero attached hydrogens (tertiary/aromatic N) is 3. The Balaban J connectivity index is 2.64. The summed E-state index contributed by atoms with van der Waals surface area (Å²) in [6.07, 6.45) is 1.77. The van der Waals surface area contributed by atoms with Crippen molar-refractivity contribution in [2.45, 2.75) is 25.2 Å². The van der Waals surface area contributed by atoms with Gasteiger partial charge >= 0.3 is 0 Å². The van der Waals surface area contributed by atoms with Gasteiger partial charge in [0.05, 0.1) is 53.5 Å². The van der Waals surface area contributed by atoms with Crippen LogP contribution in [0.4, 0.5) is 0 Å². The molecule has 0 spiro atoms. The molecule has 0 saturated carbocycles. The number of nitrogens with one attached hydrogen (secondary N) is 1. The van der Waals surface area contributed by atoms with Crippen molar-refractivity contribution >= 4 is 5.91 Å². The Hall–Kier alpha value is -1.44. The first kappa shape index (κ1) is 16.6. The van der Waals surface area contributed by atoms with Gasteiger partial charge in [-0.1, -0.05) is 0 Å². The van der Waals surface area contributed by atoms with Crippen LogP contribution in [0.5, 0.6) is 0 Å². The molecule has 1 aromatic rings. The van der Waals surface area contributed by atoms with Crippen LogP contribution in [0.3, 0.4) is 0 Å². The van der Waals surface area contributed by atoms with Gasteiger partial charge in [-0.15, -0.1) is 0 Å². The molecule has 0 saturated heterocycles. The number of aromatic nitrogens is 2. The zero-order chi connectivity index (χ0) is 15.3. The van der Waals surface area contributed by atoms with Gasteiger partial charge < -0.3 is 24.6 Å². The quantitative estimate of drug-likeness (QED) is 0.348. The Morgan fingerprint density at radius 1 is 1.50 bits per heavy atom. The molecule has 3 N–H and O–H groups in total. The lowest BCUT2D eigenvalue weighted by Gasteiger charge is -2.30. The zero-order valence-corrected chi connectivity index (χ0v) is 12.2. The van der Waals surface area contributed by atoms with Crippen LogP contribution in [-0.4, -0.2) is 75.5 Å². The fourth-order valence-corrected chi connectivity index (χ4v) is 1.71. The van der Waals surface area contributed by atoms with E-state index in [1.165, 1.54) is 6.33 Å². The minimum atomic E-state index is -1.71. The Morgan fingerprint density at radius 3 is 2.60 bits per heavy atom. The third-order valence-electron chi connectivity index (χ3n) is 2.97. The van der Waals surface area contributed by atoms with Crippen LogP contribution < -0.4 is 0 Å². The van der Waals surface area contributed by atoms with Crippen molar-refractivity contribution in [3.63, 3.8) is 0 Å². The molecule has 2 radical (unpaired) electrons. The Morgan fingerprint density at radius 2 is 2.15 bits per heavy atom. The van der Waals surface area contributed by atoms with Crippen LogP contribution in [0, 0.1) is 7.05 Å². The highest BCUT2D eigenvalue weighted by Gasteiger charge is 2.27. The van der Waals surface area contributed by atoms with E-state index >= 15 is 0 Å². The van der Waals surface area contributed by atoms with Gasteiger partial charge in [-0.3, -0.25) is 4.79 Å². The summed E-state index contributed by atoms with van der Waals surface area (Å²) >= 11 is 0. The molecule has 1 rings (SSSR count). The van der Waals surface area contributed by atoms with Crippen molar-refractivity contribution in [3.8, 4) is 0 Å². The summed E-state index contributed by atoms with van der Waals surface area (Å²) in [6.45, 7) is 0.616. The monoisotopic (exact) mass is 283 g/mol. The highest BCUT2D eigenvalue weighted by Crippen LogP contribution is 2.11. The van der Waals surface area contributed by atoms with E-state index in [9.17, 15) is 15.0 Å². The molecule has 0 fully saturated rings. The van der Waals surface area contributed by atoms with Crippen LogP contribution >= 0.6 is 0 Å². The van der Waals surface area contributed by atoms with Gasteiger partial charge in [-0.05, 0) is 0 Å². The van der Waals surface area contributed by atoms with E-state index in [1.54, 1.807) is 6.20 Å². The smallest absolute Gasteiger partial charge is 0.229 e. The van der Waals surface area contributed by atoms with Crippen molar-refractivity contribution in [2.24, 2.45) is 0 Å². The molecule has 1 aromatic heterocycles. The minimum Gasteiger partial charge on any atom is -0.366 e. The summed E-state index contributed by atoms with van der Waals surface area (Å²) < 4.78 is 0.631. The normalized spacial score (nSPS) is 13.6. The van der Waals surface area contributed by atoms with E-state index in [2.05, 4.69) is 9.97 Å². The van der Waals surface area contributed by atoms with Gasteiger partial charge in [0.2, 0.25) is 5.91 Å². The molecule has 112 valence electrons. The highest BCUT2D eigenvalue weighted by molar-refractivity contribution is 5.76. The Labute approximate surface area is 119 Å². The van der Waals surface area contributed by atoms with Gasteiger partial charge in [0.1, 0.15) is 0 Å². The predicted octanol–water partition coefficient (Wildman–Crippen LogP) is -0.775. The molecular weight excluding hydrogens is 260 g/mol. The molecule has 0 aliphatic rings. The van der Waals surface area contributed by atoms with Gasteiger partial charge in [0, 0.05) is 18.3 Å². The fourth-order valence-electron chi connectivity index (χ4n) is 1.71. The standard InChI is InChI=1S/C13H23N4O3/c1-16(12(18)5-6-17(2,3)4)11(13(19)20)7-10-8-14-9-15-10/h1,8-9,11,13,19-20H,5-7H2,2-4H3,(H,14,15)/q+1. The Kier molecular flexibility index (Phi) is 5.67. The number of aliphatic hydroxyl groups is 2. The van der Waals surface area contributed by atoms with Crippen molar-refractivity contribution < 1.29 is 19.5 Å². The summed E-state index contributed by atoms with van der Waals surface area (Å²) in [7, 11) is 11.6. The third kappa shape index (κ3) is 5.28. The lowest BCUT2D eigenvalue weighted by molar-refractivity contribution is -0.869. The minimum absolute atomic E-state index is 0.199. The van der Waals surface area contributed by atoms with Crippen molar-refractivity contribution in [1.82, 2.24) is 14.9 Å². The van der Waals surface area contributed by atoms with E-state index in [0.29, 0.717) is 16.7 Å². The number of amides is 1. The SMILES string of the molecule is [CH]N(C(=O)CC[N+](C)(C)C)C(Cc1cnc[nH]1)C(O)O. The number of H-pyrrole nitrogens is 1. The molecule has 7 heteroatoms. The van der Waals surface area contributed by atoms with Crippen LogP contribution in [0.1, 0.15) is 12.1 Å². The maximum absolute atomic E-state index is 12.0. The number of carbonyl (C=O) groups excluding carboxylic acids is 1. The number of hydrogen-bond donors (Lipinski definition) is 3. The summed E-state index contributed by atoms with van der Waals surface area (Å²) in [5, 5.41) is 18.8. The number of aromatic amines is 1. The maximum atomic E-state index is 12.0. The van der Waals surface area contributed by atoms with Crippen LogP contribution in [0.15, 0.2) is 12.5 Å². The molecule has 1 atom stereocenters. The highest BCUT2D eigenvalue weighted by atomic mass is 16.5. The number of imidazole rings is 1. The molecule has 1 heterocycles. The van der Waals surface area contributed by atoms with Crippen molar-refractivity contribution in [2.75, 3.05) is 27.7 Å². The first-order chi connectivity index (χ1) is 9.20. The number of aliphatic hydroxyl groups excluding tert-OH is 1. The first-order valence-corrected chi connectivity index (χ1v) is 6.41. The summed E-state index contributed by atoms with van der Waals surface area (Å²) in [6, 6.07) is -0.907. The topological polar surface area (TPSA) is 89.5 Å². The molecule has 7 nitrogen and oxygen atoms in total. The molecule has 0 aromatic carbocycles. The van der Waals surface area contributed by atoms with Gasteiger partial charge in [0.25, 0.3) is 0 Å². The lowest BCUT2D eigenvalue weighted by Crippen LogP contribution is -2.46. The fraction of sp³-hybridized carbons (Fsp3) is 0.615. The predicted molar refractivity (Wildman–Crippen MR) is 73.0 cm³/mol. The van der Waals surface area contributed by atoms with E-state index in [4.69, 9.17) is 7.05 Å². The second-order valence-electron chi connectivity index (χ2n) is 5.83. The number of carbonyl (C=O) groups is 1. The number of rotatable bonds is 7. The molecule has 0 bridgehead atoms. The first-order valence-electron chi connectivity index (χ1n) is 6.41. The zero-order valence-electron chi connectivity index (χ0n) is 12.2. The van der Waals surface area contributed by atoms with Gasteiger partial charge in [-0.2, -0.15) is 0 Å². The second-order valence-corrected chi connectivity index (χ2v) is 5.83. The molecular formula is C13H23N4O3+. The average molecular weight is 283 g/mol. The molecule has 1 unspecified atom stereocenters. The van der Waals surface area contributed by atoms with E-state index in [1.807, 2.05) is 21.1 Å². The van der Waals surface area contributed by atoms with E-state index < -0.39 is 12.3 Å². The second kappa shape index (κ2) is 6.83. The van der Waals surface area contributed by atoms with Crippen LogP contribution in [0.2, 0.25) is 0 Å². The third-order valence-corrected chi connectivity index (χ3v) is 2.97. The number of hydrogen-bond acceptors (Lipinski definition) is 4. The van der Waals surface area contributed by atoms with E-state index in [0.717, 1.165) is 4.90 Å². The van der Waals surface area contributed by atoms with E-state index in [-0.39, 0.29) is 18.7 Å². The van der Waals surface area contributed by atoms with Crippen LogP contribution in [-0.2, 0) is 11.2 Å². The molecule has 0 aliphatic heterocycles. The van der Waals surface area contributed by atoms with Gasteiger partial charge in [-0.25, -0.2) is 4.98 Å². The molecule has 1 amide bonds. The number of quaternary nitrogens is 1. The maximum Gasteiger partial charge on any atom is 0.229 e. The molecule has 20 heavy (non-hydrogen) atoms. The lowest BCUT2D eigenvalue weighted by atomic mass is 10.1. The van der Waals surface area contributed by atoms with Crippen molar-refractivity contribution in [1.29, 1.82) is 0 Å². The Bertz CT molecular complexity index is 412. The average Bonchev–Trinajstić information content (AvgIpc) is 2.83. The summed E-state index contributed by atoms with van der Waals surface area (Å²) in [5.41, 5.74) is 0.679. The van der Waals surface area contributed by atoms with Gasteiger partial charge in [0.15, 0.2) is 6.29 Å². The largest absolute Gasteiger partial charge is 0.366 e. The molecule has 0 aliphatic carbocycles. The van der Waals surface area contributed by atoms with Crippen LogP contribution in [0.25, 0.3) is 0 Å². The van der Waals surface area contributed by atoms with Crippen molar-refractivity contribution in [3.05, 3.63) is 25.3 Å². The summed E-state index contributed by atoms with van der Waals surface area (Å²) in [5.74, 6) is -0.323. The summed E-state index contributed by atoms with van der Waals surface area (Å²) in [4.78, 5) is 19.6.